The van der Waals surface area contributed by atoms with Gasteiger partial charge in [-0.1, -0.05) is 52.4 Å². The SMILES string of the molecule is FCCCN1CC[C@@H](Oc2cccc(C3=C(Br)CCCC4C=CC=CC34)c2)C1. The monoisotopic (exact) mass is 445 g/mol. The summed E-state index contributed by atoms with van der Waals surface area (Å²) in [7, 11) is 0. The molecule has 0 spiro atoms. The summed E-state index contributed by atoms with van der Waals surface area (Å²) < 4.78 is 20.1. The van der Waals surface area contributed by atoms with Crippen LogP contribution in [0.25, 0.3) is 5.57 Å². The number of hydrogen-bond acceptors (Lipinski definition) is 2. The predicted octanol–water partition coefficient (Wildman–Crippen LogP) is 6.15. The Balaban J connectivity index is 1.50. The second kappa shape index (κ2) is 9.41. The van der Waals surface area contributed by atoms with Crippen molar-refractivity contribution in [3.63, 3.8) is 0 Å². The molecular formula is C24H29BrFNO. The van der Waals surface area contributed by atoms with Crippen LogP contribution in [0.15, 0.2) is 53.1 Å². The van der Waals surface area contributed by atoms with Crippen molar-refractivity contribution in [2.24, 2.45) is 11.8 Å². The zero-order valence-electron chi connectivity index (χ0n) is 16.3. The van der Waals surface area contributed by atoms with Crippen LogP contribution in [0.2, 0.25) is 0 Å². The molecule has 0 amide bonds. The highest BCUT2D eigenvalue weighted by Gasteiger charge is 2.28. The lowest BCUT2D eigenvalue weighted by Gasteiger charge is -2.26. The molecule has 3 aliphatic rings. The molecule has 1 heterocycles. The van der Waals surface area contributed by atoms with Crippen LogP contribution in [0.3, 0.4) is 0 Å². The minimum Gasteiger partial charge on any atom is -0.489 e. The molecule has 1 aromatic carbocycles. The number of ether oxygens (including phenoxy) is 1. The molecule has 28 heavy (non-hydrogen) atoms. The topological polar surface area (TPSA) is 12.5 Å². The molecule has 4 rings (SSSR count). The number of nitrogens with zero attached hydrogens (tertiary/aromatic N) is 1. The van der Waals surface area contributed by atoms with Gasteiger partial charge in [-0.2, -0.15) is 0 Å². The second-order valence-electron chi connectivity index (χ2n) is 8.07. The van der Waals surface area contributed by atoms with E-state index in [1.54, 1.807) is 0 Å². The summed E-state index contributed by atoms with van der Waals surface area (Å²) in [5.74, 6) is 1.96. The molecule has 2 unspecified atom stereocenters. The van der Waals surface area contributed by atoms with E-state index in [1.807, 2.05) is 0 Å². The molecule has 2 nitrogen and oxygen atoms in total. The van der Waals surface area contributed by atoms with Gasteiger partial charge in [-0.15, -0.1) is 0 Å². The standard InChI is InChI=1S/C24H29BrFNO/c25-23-11-4-7-18-6-1-2-10-22(18)24(23)19-8-3-9-20(16-19)28-21-12-15-27(17-21)14-5-13-26/h1-3,6,8-10,16,18,21-22H,4-5,7,11-15,17H2/t18?,21-,22?/m1/s1. The maximum absolute atomic E-state index is 12.4. The molecule has 4 heteroatoms. The van der Waals surface area contributed by atoms with Crippen molar-refractivity contribution in [2.45, 2.75) is 38.2 Å². The fraction of sp³-hybridized carbons (Fsp3) is 0.500. The van der Waals surface area contributed by atoms with Crippen LogP contribution in [-0.2, 0) is 0 Å². The van der Waals surface area contributed by atoms with Crippen molar-refractivity contribution in [1.82, 2.24) is 4.90 Å². The van der Waals surface area contributed by atoms with Gasteiger partial charge in [0.15, 0.2) is 0 Å². The number of halogens is 2. The van der Waals surface area contributed by atoms with Crippen LogP contribution >= 0.6 is 15.9 Å². The molecule has 3 atom stereocenters. The maximum atomic E-state index is 12.4. The van der Waals surface area contributed by atoms with Crippen molar-refractivity contribution in [3.05, 3.63) is 58.6 Å². The molecule has 0 bridgehead atoms. The number of fused-ring (bicyclic) bond motifs is 1. The van der Waals surface area contributed by atoms with Gasteiger partial charge in [-0.05, 0) is 65.8 Å². The van der Waals surface area contributed by atoms with Crippen molar-refractivity contribution in [2.75, 3.05) is 26.3 Å². The molecule has 1 aromatic rings. The smallest absolute Gasteiger partial charge is 0.120 e. The lowest BCUT2D eigenvalue weighted by molar-refractivity contribution is 0.198. The van der Waals surface area contributed by atoms with Gasteiger partial charge in [0.1, 0.15) is 11.9 Å². The Kier molecular flexibility index (Phi) is 6.69. The molecule has 0 aromatic heterocycles. The van der Waals surface area contributed by atoms with Gasteiger partial charge >= 0.3 is 0 Å². The third kappa shape index (κ3) is 4.60. The average Bonchev–Trinajstić information content (AvgIpc) is 3.07. The number of hydrogen-bond donors (Lipinski definition) is 0. The zero-order chi connectivity index (χ0) is 19.3. The first-order valence-electron chi connectivity index (χ1n) is 10.5. The van der Waals surface area contributed by atoms with Gasteiger partial charge in [0.2, 0.25) is 0 Å². The molecular weight excluding hydrogens is 417 g/mol. The van der Waals surface area contributed by atoms with Gasteiger partial charge in [0, 0.05) is 25.6 Å². The zero-order valence-corrected chi connectivity index (χ0v) is 17.9. The van der Waals surface area contributed by atoms with Crippen molar-refractivity contribution >= 4 is 21.5 Å². The highest BCUT2D eigenvalue weighted by atomic mass is 79.9. The van der Waals surface area contributed by atoms with E-state index in [0.29, 0.717) is 18.3 Å². The maximum Gasteiger partial charge on any atom is 0.120 e. The normalized spacial score (nSPS) is 27.7. The minimum atomic E-state index is -0.236. The highest BCUT2D eigenvalue weighted by Crippen LogP contribution is 2.44. The summed E-state index contributed by atoms with van der Waals surface area (Å²) in [6.07, 6.45) is 14.5. The molecule has 0 saturated carbocycles. The summed E-state index contributed by atoms with van der Waals surface area (Å²) in [6.45, 7) is 2.50. The number of benzene rings is 1. The van der Waals surface area contributed by atoms with Crippen molar-refractivity contribution < 1.29 is 9.13 Å². The number of likely N-dealkylation sites (tertiary alicyclic amines) is 1. The Morgan fingerprint density at radius 2 is 2.07 bits per heavy atom. The fourth-order valence-corrected chi connectivity index (χ4v) is 5.48. The summed E-state index contributed by atoms with van der Waals surface area (Å²) >= 11 is 3.89. The number of allylic oxidation sites excluding steroid dienone is 6. The average molecular weight is 446 g/mol. The van der Waals surface area contributed by atoms with Gasteiger partial charge in [-0.25, -0.2) is 0 Å². The van der Waals surface area contributed by atoms with Gasteiger partial charge in [0.25, 0.3) is 0 Å². The minimum absolute atomic E-state index is 0.201. The molecule has 150 valence electrons. The Labute approximate surface area is 176 Å². The first kappa shape index (κ1) is 19.9. The molecule has 1 fully saturated rings. The van der Waals surface area contributed by atoms with E-state index >= 15 is 0 Å². The van der Waals surface area contributed by atoms with Crippen LogP contribution in [0.4, 0.5) is 4.39 Å². The first-order valence-corrected chi connectivity index (χ1v) is 11.3. The molecule has 0 N–H and O–H groups in total. The quantitative estimate of drug-likeness (QED) is 0.520. The van der Waals surface area contributed by atoms with E-state index in [9.17, 15) is 4.39 Å². The summed E-state index contributed by atoms with van der Waals surface area (Å²) in [5.41, 5.74) is 2.66. The van der Waals surface area contributed by atoms with Gasteiger partial charge < -0.3 is 4.74 Å². The first-order chi connectivity index (χ1) is 13.7. The fourth-order valence-electron chi connectivity index (χ4n) is 4.71. The second-order valence-corrected chi connectivity index (χ2v) is 9.03. The van der Waals surface area contributed by atoms with Crippen LogP contribution in [0.5, 0.6) is 5.75 Å². The van der Waals surface area contributed by atoms with Crippen LogP contribution in [-0.4, -0.2) is 37.3 Å². The summed E-state index contributed by atoms with van der Waals surface area (Å²) in [4.78, 5) is 2.31. The van der Waals surface area contributed by atoms with E-state index in [2.05, 4.69) is 69.4 Å². The largest absolute Gasteiger partial charge is 0.489 e. The van der Waals surface area contributed by atoms with Crippen molar-refractivity contribution in [3.8, 4) is 5.75 Å². The van der Waals surface area contributed by atoms with Crippen molar-refractivity contribution in [1.29, 1.82) is 0 Å². The van der Waals surface area contributed by atoms with E-state index in [0.717, 1.165) is 38.2 Å². The van der Waals surface area contributed by atoms with Crippen LogP contribution in [0.1, 0.15) is 37.7 Å². The molecule has 2 aliphatic carbocycles. The van der Waals surface area contributed by atoms with Gasteiger partial charge in [-0.3, -0.25) is 9.29 Å². The highest BCUT2D eigenvalue weighted by molar-refractivity contribution is 9.11. The Bertz CT molecular complexity index is 772. The lowest BCUT2D eigenvalue weighted by Crippen LogP contribution is -2.26. The Morgan fingerprint density at radius 1 is 1.18 bits per heavy atom. The van der Waals surface area contributed by atoms with E-state index in [4.69, 9.17) is 4.74 Å². The van der Waals surface area contributed by atoms with Crippen LogP contribution < -0.4 is 4.74 Å². The molecule has 1 saturated heterocycles. The number of alkyl halides is 1. The molecule has 0 radical (unpaired) electrons. The van der Waals surface area contributed by atoms with Gasteiger partial charge in [0.05, 0.1) is 6.67 Å². The van der Waals surface area contributed by atoms with E-state index < -0.39 is 0 Å². The third-order valence-corrected chi connectivity index (χ3v) is 6.92. The lowest BCUT2D eigenvalue weighted by atomic mass is 9.79. The summed E-state index contributed by atoms with van der Waals surface area (Å²) in [6, 6.07) is 8.58. The third-order valence-electron chi connectivity index (χ3n) is 6.09. The number of rotatable bonds is 6. The summed E-state index contributed by atoms with van der Waals surface area (Å²) in [5, 5.41) is 0. The predicted molar refractivity (Wildman–Crippen MR) is 117 cm³/mol. The van der Waals surface area contributed by atoms with Crippen LogP contribution in [0, 0.1) is 11.8 Å². The van der Waals surface area contributed by atoms with E-state index in [-0.39, 0.29) is 12.8 Å². The molecule has 1 aliphatic heterocycles. The Morgan fingerprint density at radius 3 is 2.96 bits per heavy atom. The van der Waals surface area contributed by atoms with E-state index in [1.165, 1.54) is 28.5 Å². The Hall–Kier alpha value is -1.39.